The van der Waals surface area contributed by atoms with E-state index in [0.29, 0.717) is 6.42 Å². The quantitative estimate of drug-likeness (QED) is 0.840. The van der Waals surface area contributed by atoms with E-state index in [1.165, 1.54) is 11.1 Å². The summed E-state index contributed by atoms with van der Waals surface area (Å²) in [6.45, 7) is 2.18. The maximum atomic E-state index is 10.2. The lowest BCUT2D eigenvalue weighted by atomic mass is 9.99. The van der Waals surface area contributed by atoms with Crippen molar-refractivity contribution in [3.05, 3.63) is 71.3 Å². The van der Waals surface area contributed by atoms with Crippen molar-refractivity contribution in [2.75, 3.05) is 0 Å². The van der Waals surface area contributed by atoms with E-state index >= 15 is 0 Å². The van der Waals surface area contributed by atoms with Crippen LogP contribution in [0.4, 0.5) is 0 Å². The summed E-state index contributed by atoms with van der Waals surface area (Å²) in [6, 6.07) is 18.4. The van der Waals surface area contributed by atoms with Gasteiger partial charge in [-0.3, -0.25) is 0 Å². The Labute approximate surface area is 109 Å². The molecule has 1 nitrogen and oxygen atoms in total. The Morgan fingerprint density at radius 2 is 1.56 bits per heavy atom. The van der Waals surface area contributed by atoms with Crippen molar-refractivity contribution >= 4 is 0 Å². The molecule has 0 aromatic heterocycles. The summed E-state index contributed by atoms with van der Waals surface area (Å²) >= 11 is 0. The number of benzene rings is 2. The van der Waals surface area contributed by atoms with E-state index in [9.17, 15) is 5.11 Å². The van der Waals surface area contributed by atoms with E-state index < -0.39 is 6.10 Å². The molecule has 0 saturated heterocycles. The molecule has 0 saturated carbocycles. The van der Waals surface area contributed by atoms with E-state index in [-0.39, 0.29) is 0 Å². The van der Waals surface area contributed by atoms with Crippen LogP contribution in [0.1, 0.15) is 36.1 Å². The lowest BCUT2D eigenvalue weighted by molar-refractivity contribution is 0.178. The normalized spacial score (nSPS) is 12.3. The highest BCUT2D eigenvalue weighted by Gasteiger charge is 2.08. The van der Waals surface area contributed by atoms with Gasteiger partial charge in [-0.15, -0.1) is 0 Å². The van der Waals surface area contributed by atoms with Gasteiger partial charge in [-0.2, -0.15) is 0 Å². The SMILES string of the molecule is CCCc1ccc(C(O)Cc2ccccc2)cc1. The van der Waals surface area contributed by atoms with Crippen LogP contribution < -0.4 is 0 Å². The zero-order valence-electron chi connectivity index (χ0n) is 10.8. The molecular weight excluding hydrogens is 220 g/mol. The maximum Gasteiger partial charge on any atom is 0.0830 e. The third-order valence-corrected chi connectivity index (χ3v) is 3.18. The Hall–Kier alpha value is -1.60. The molecule has 2 aromatic rings. The Balaban J connectivity index is 2.02. The van der Waals surface area contributed by atoms with Crippen LogP contribution in [0.5, 0.6) is 0 Å². The van der Waals surface area contributed by atoms with E-state index in [1.807, 2.05) is 30.3 Å². The minimum absolute atomic E-state index is 0.414. The lowest BCUT2D eigenvalue weighted by Crippen LogP contribution is -2.01. The molecule has 1 heteroatoms. The molecule has 0 aliphatic rings. The van der Waals surface area contributed by atoms with Gasteiger partial charge in [-0.1, -0.05) is 67.9 Å². The van der Waals surface area contributed by atoms with Crippen molar-refractivity contribution in [3.8, 4) is 0 Å². The minimum Gasteiger partial charge on any atom is -0.388 e. The molecule has 0 aliphatic heterocycles. The lowest BCUT2D eigenvalue weighted by Gasteiger charge is -2.11. The fraction of sp³-hybridized carbons (Fsp3) is 0.294. The topological polar surface area (TPSA) is 20.2 Å². The predicted molar refractivity (Wildman–Crippen MR) is 75.5 cm³/mol. The average molecular weight is 240 g/mol. The van der Waals surface area contributed by atoms with Gasteiger partial charge in [0.15, 0.2) is 0 Å². The smallest absolute Gasteiger partial charge is 0.0830 e. The summed E-state index contributed by atoms with van der Waals surface area (Å²) < 4.78 is 0. The van der Waals surface area contributed by atoms with Crippen LogP contribution in [-0.2, 0) is 12.8 Å². The summed E-state index contributed by atoms with van der Waals surface area (Å²) in [6.07, 6.45) is 2.53. The third-order valence-electron chi connectivity index (χ3n) is 3.18. The molecule has 0 amide bonds. The molecular formula is C17H20O. The van der Waals surface area contributed by atoms with Gasteiger partial charge in [0.2, 0.25) is 0 Å². The first-order chi connectivity index (χ1) is 8.79. The predicted octanol–water partition coefficient (Wildman–Crippen LogP) is 3.92. The fourth-order valence-electron chi connectivity index (χ4n) is 2.15. The minimum atomic E-state index is -0.414. The molecule has 0 radical (unpaired) electrons. The first-order valence-corrected chi connectivity index (χ1v) is 6.60. The van der Waals surface area contributed by atoms with E-state index in [4.69, 9.17) is 0 Å². The van der Waals surface area contributed by atoms with Gasteiger partial charge in [0, 0.05) is 6.42 Å². The summed E-state index contributed by atoms with van der Waals surface area (Å²) in [4.78, 5) is 0. The van der Waals surface area contributed by atoms with Crippen LogP contribution in [0, 0.1) is 0 Å². The molecule has 0 aliphatic carbocycles. The van der Waals surface area contributed by atoms with Gasteiger partial charge < -0.3 is 5.11 Å². The fourth-order valence-corrected chi connectivity index (χ4v) is 2.15. The highest BCUT2D eigenvalue weighted by molar-refractivity contribution is 5.26. The largest absolute Gasteiger partial charge is 0.388 e. The molecule has 1 unspecified atom stereocenters. The number of aliphatic hydroxyl groups excluding tert-OH is 1. The molecule has 2 rings (SSSR count). The van der Waals surface area contributed by atoms with Gasteiger partial charge >= 0.3 is 0 Å². The van der Waals surface area contributed by atoms with Gasteiger partial charge in [0.05, 0.1) is 6.10 Å². The standard InChI is InChI=1S/C17H20O/c1-2-6-14-9-11-16(12-10-14)17(18)13-15-7-4-3-5-8-15/h3-5,7-12,17-18H,2,6,13H2,1H3. The highest BCUT2D eigenvalue weighted by atomic mass is 16.3. The molecule has 1 atom stereocenters. The second-order valence-electron chi connectivity index (χ2n) is 4.70. The van der Waals surface area contributed by atoms with Crippen molar-refractivity contribution in [2.24, 2.45) is 0 Å². The third kappa shape index (κ3) is 3.44. The van der Waals surface area contributed by atoms with Crippen LogP contribution in [0.25, 0.3) is 0 Å². The van der Waals surface area contributed by atoms with Crippen LogP contribution in [0.2, 0.25) is 0 Å². The summed E-state index contributed by atoms with van der Waals surface area (Å²) in [5, 5.41) is 10.2. The second-order valence-corrected chi connectivity index (χ2v) is 4.70. The molecule has 2 aromatic carbocycles. The van der Waals surface area contributed by atoms with Gasteiger partial charge in [0.25, 0.3) is 0 Å². The van der Waals surface area contributed by atoms with Gasteiger partial charge in [-0.25, -0.2) is 0 Å². The van der Waals surface area contributed by atoms with Crippen LogP contribution in [0.15, 0.2) is 54.6 Å². The molecule has 0 heterocycles. The molecule has 94 valence electrons. The van der Waals surface area contributed by atoms with Crippen molar-refractivity contribution < 1.29 is 5.11 Å². The Kier molecular flexibility index (Phi) is 4.54. The monoisotopic (exact) mass is 240 g/mol. The molecule has 1 N–H and O–H groups in total. The number of rotatable bonds is 5. The van der Waals surface area contributed by atoms with Crippen molar-refractivity contribution in [1.82, 2.24) is 0 Å². The van der Waals surface area contributed by atoms with E-state index in [0.717, 1.165) is 18.4 Å². The highest BCUT2D eigenvalue weighted by Crippen LogP contribution is 2.19. The van der Waals surface area contributed by atoms with E-state index in [1.54, 1.807) is 0 Å². The van der Waals surface area contributed by atoms with Gasteiger partial charge in [0.1, 0.15) is 0 Å². The summed E-state index contributed by atoms with van der Waals surface area (Å²) in [5.41, 5.74) is 3.51. The first kappa shape index (κ1) is 12.8. The number of aryl methyl sites for hydroxylation is 1. The molecule has 0 spiro atoms. The Morgan fingerprint density at radius 3 is 2.17 bits per heavy atom. The van der Waals surface area contributed by atoms with Gasteiger partial charge in [-0.05, 0) is 23.1 Å². The number of hydrogen-bond acceptors (Lipinski definition) is 1. The van der Waals surface area contributed by atoms with Crippen LogP contribution in [-0.4, -0.2) is 5.11 Å². The summed E-state index contributed by atoms with van der Waals surface area (Å²) in [5.74, 6) is 0. The van der Waals surface area contributed by atoms with Crippen molar-refractivity contribution in [1.29, 1.82) is 0 Å². The zero-order valence-corrected chi connectivity index (χ0v) is 10.8. The van der Waals surface area contributed by atoms with Crippen molar-refractivity contribution in [3.63, 3.8) is 0 Å². The summed E-state index contributed by atoms with van der Waals surface area (Å²) in [7, 11) is 0. The molecule has 18 heavy (non-hydrogen) atoms. The van der Waals surface area contributed by atoms with E-state index in [2.05, 4.69) is 31.2 Å². The maximum absolute atomic E-state index is 10.2. The second kappa shape index (κ2) is 6.36. The Morgan fingerprint density at radius 1 is 0.889 bits per heavy atom. The number of hydrogen-bond donors (Lipinski definition) is 1. The van der Waals surface area contributed by atoms with Crippen LogP contribution >= 0.6 is 0 Å². The average Bonchev–Trinajstić information content (AvgIpc) is 2.41. The van der Waals surface area contributed by atoms with Crippen molar-refractivity contribution in [2.45, 2.75) is 32.3 Å². The van der Waals surface area contributed by atoms with Crippen LogP contribution in [0.3, 0.4) is 0 Å². The number of aliphatic hydroxyl groups is 1. The molecule has 0 fully saturated rings. The first-order valence-electron chi connectivity index (χ1n) is 6.60. The molecule has 0 bridgehead atoms. The zero-order chi connectivity index (χ0) is 12.8. The Bertz CT molecular complexity index is 459.